The van der Waals surface area contributed by atoms with Crippen LogP contribution in [0.25, 0.3) is 0 Å². The topological polar surface area (TPSA) is 38.0 Å². The molecule has 0 amide bonds. The summed E-state index contributed by atoms with van der Waals surface area (Å²) in [4.78, 5) is 0. The summed E-state index contributed by atoms with van der Waals surface area (Å²) >= 11 is 0. The molecule has 2 rings (SSSR count). The fourth-order valence-corrected chi connectivity index (χ4v) is 2.37. The van der Waals surface area contributed by atoms with Crippen molar-refractivity contribution in [2.24, 2.45) is 17.6 Å². The number of hydrogen-bond donors (Lipinski definition) is 2. The molecule has 2 nitrogen and oxygen atoms in total. The normalized spacial score (nSPS) is 25.4. The first-order valence-corrected chi connectivity index (χ1v) is 6.85. The van der Waals surface area contributed by atoms with E-state index in [0.29, 0.717) is 11.8 Å². The maximum absolute atomic E-state index is 5.97. The van der Waals surface area contributed by atoms with Crippen LogP contribution < -0.4 is 11.1 Å². The molecule has 0 radical (unpaired) electrons. The van der Waals surface area contributed by atoms with Crippen LogP contribution in [-0.4, -0.2) is 6.54 Å². The summed E-state index contributed by atoms with van der Waals surface area (Å²) in [6, 6.07) is 0. The van der Waals surface area contributed by atoms with Crippen LogP contribution in [0, 0.1) is 11.8 Å². The maximum atomic E-state index is 5.97. The van der Waals surface area contributed by atoms with E-state index in [1.165, 1.54) is 32.1 Å². The smallest absolute Gasteiger partial charge is 0.0326 e. The average Bonchev–Trinajstić information content (AvgIpc) is 2.19. The zero-order valence-corrected chi connectivity index (χ0v) is 10.8. The van der Waals surface area contributed by atoms with Crippen LogP contribution in [0.2, 0.25) is 0 Å². The van der Waals surface area contributed by atoms with Crippen molar-refractivity contribution in [1.29, 1.82) is 0 Å². The van der Waals surface area contributed by atoms with Crippen LogP contribution in [0.4, 0.5) is 0 Å². The molecule has 0 aliphatic heterocycles. The summed E-state index contributed by atoms with van der Waals surface area (Å²) in [5.74, 6) is 1.35. The zero-order chi connectivity index (χ0) is 12.1. The van der Waals surface area contributed by atoms with Gasteiger partial charge in [-0.3, -0.25) is 0 Å². The molecule has 17 heavy (non-hydrogen) atoms. The molecule has 2 heteroatoms. The highest BCUT2D eigenvalue weighted by atomic mass is 14.8. The van der Waals surface area contributed by atoms with Crippen molar-refractivity contribution in [1.82, 2.24) is 5.32 Å². The van der Waals surface area contributed by atoms with Gasteiger partial charge < -0.3 is 11.1 Å². The van der Waals surface area contributed by atoms with Gasteiger partial charge in [0.1, 0.15) is 0 Å². The van der Waals surface area contributed by atoms with E-state index in [1.807, 2.05) is 6.20 Å². The van der Waals surface area contributed by atoms with Gasteiger partial charge in [-0.25, -0.2) is 0 Å². The minimum Gasteiger partial charge on any atom is -0.401 e. The largest absolute Gasteiger partial charge is 0.401 e. The van der Waals surface area contributed by atoms with E-state index in [-0.39, 0.29) is 0 Å². The van der Waals surface area contributed by atoms with Crippen molar-refractivity contribution in [3.05, 3.63) is 35.7 Å². The van der Waals surface area contributed by atoms with Gasteiger partial charge in [0, 0.05) is 24.4 Å². The van der Waals surface area contributed by atoms with Gasteiger partial charge in [0.25, 0.3) is 0 Å². The molecule has 3 N–H and O–H groups in total. The van der Waals surface area contributed by atoms with Gasteiger partial charge >= 0.3 is 0 Å². The van der Waals surface area contributed by atoms with Crippen LogP contribution in [0.15, 0.2) is 35.7 Å². The van der Waals surface area contributed by atoms with Crippen LogP contribution in [-0.2, 0) is 0 Å². The summed E-state index contributed by atoms with van der Waals surface area (Å²) in [6.07, 6.45) is 15.2. The molecule has 0 aromatic rings. The number of nitrogens with two attached hydrogens (primary N) is 1. The Balaban J connectivity index is 1.62. The van der Waals surface area contributed by atoms with Gasteiger partial charge in [-0.2, -0.15) is 0 Å². The molecular weight excluding hydrogens is 208 g/mol. The van der Waals surface area contributed by atoms with Gasteiger partial charge in [-0.15, -0.1) is 0 Å². The summed E-state index contributed by atoms with van der Waals surface area (Å²) in [6.45, 7) is 3.12. The van der Waals surface area contributed by atoms with E-state index in [2.05, 4.69) is 30.5 Å². The number of rotatable bonds is 6. The lowest BCUT2D eigenvalue weighted by molar-refractivity contribution is 0.363. The quantitative estimate of drug-likeness (QED) is 0.545. The van der Waals surface area contributed by atoms with Crippen LogP contribution >= 0.6 is 0 Å². The molecule has 2 aliphatic carbocycles. The second-order valence-electron chi connectivity index (χ2n) is 5.08. The first kappa shape index (κ1) is 12.3. The number of nitrogens with one attached hydrogen (secondary N) is 1. The average molecular weight is 232 g/mol. The summed E-state index contributed by atoms with van der Waals surface area (Å²) in [5, 5.41) is 3.28. The lowest BCUT2D eigenvalue weighted by atomic mass is 9.83. The fourth-order valence-electron chi connectivity index (χ4n) is 2.37. The maximum Gasteiger partial charge on any atom is 0.0326 e. The van der Waals surface area contributed by atoms with Gasteiger partial charge in [0.05, 0.1) is 0 Å². The molecule has 1 atom stereocenters. The summed E-state index contributed by atoms with van der Waals surface area (Å²) in [7, 11) is 0. The molecule has 0 bridgehead atoms. The number of hydrogen-bond acceptors (Lipinski definition) is 2. The second kappa shape index (κ2) is 5.95. The zero-order valence-electron chi connectivity index (χ0n) is 10.8. The van der Waals surface area contributed by atoms with E-state index in [0.717, 1.165) is 12.2 Å². The van der Waals surface area contributed by atoms with E-state index >= 15 is 0 Å². The molecule has 0 spiro atoms. The van der Waals surface area contributed by atoms with E-state index in [1.54, 1.807) is 5.57 Å². The third kappa shape index (κ3) is 3.15. The van der Waals surface area contributed by atoms with Crippen molar-refractivity contribution in [3.63, 3.8) is 0 Å². The van der Waals surface area contributed by atoms with Crippen LogP contribution in [0.3, 0.4) is 0 Å². The van der Waals surface area contributed by atoms with E-state index in [9.17, 15) is 0 Å². The molecule has 0 heterocycles. The number of allylic oxidation sites excluding steroid dienone is 4. The van der Waals surface area contributed by atoms with Gasteiger partial charge in [0.15, 0.2) is 0 Å². The molecule has 1 unspecified atom stereocenters. The Kier molecular flexibility index (Phi) is 4.29. The first-order chi connectivity index (χ1) is 8.31. The van der Waals surface area contributed by atoms with E-state index < -0.39 is 0 Å². The Morgan fingerprint density at radius 1 is 1.53 bits per heavy atom. The third-order valence-electron chi connectivity index (χ3n) is 3.97. The highest BCUT2D eigenvalue weighted by Crippen LogP contribution is 2.30. The Morgan fingerprint density at radius 3 is 2.88 bits per heavy atom. The SMILES string of the molecule is CCC1=CCC1/C=C/CN/C=C(\N)C1CCC1. The van der Waals surface area contributed by atoms with Crippen LogP contribution in [0.1, 0.15) is 39.0 Å². The molecule has 0 saturated heterocycles. The first-order valence-electron chi connectivity index (χ1n) is 6.85. The van der Waals surface area contributed by atoms with Gasteiger partial charge in [-0.1, -0.05) is 37.1 Å². The van der Waals surface area contributed by atoms with Crippen molar-refractivity contribution in [3.8, 4) is 0 Å². The lowest BCUT2D eigenvalue weighted by Crippen LogP contribution is -2.22. The van der Waals surface area contributed by atoms with Crippen molar-refractivity contribution >= 4 is 0 Å². The summed E-state index contributed by atoms with van der Waals surface area (Å²) in [5.41, 5.74) is 8.59. The van der Waals surface area contributed by atoms with Gasteiger partial charge in [-0.05, 0) is 31.6 Å². The minimum atomic E-state index is 0.646. The molecule has 2 aliphatic rings. The van der Waals surface area contributed by atoms with Crippen molar-refractivity contribution in [2.45, 2.75) is 39.0 Å². The Hall–Kier alpha value is -1.18. The highest BCUT2D eigenvalue weighted by molar-refractivity contribution is 5.23. The molecule has 1 fully saturated rings. The molecular formula is C15H24N2. The van der Waals surface area contributed by atoms with Crippen molar-refractivity contribution < 1.29 is 0 Å². The monoisotopic (exact) mass is 232 g/mol. The Bertz CT molecular complexity index is 335. The molecule has 0 aromatic carbocycles. The van der Waals surface area contributed by atoms with Crippen LogP contribution in [0.5, 0.6) is 0 Å². The summed E-state index contributed by atoms with van der Waals surface area (Å²) < 4.78 is 0. The Morgan fingerprint density at radius 2 is 2.35 bits per heavy atom. The highest BCUT2D eigenvalue weighted by Gasteiger charge is 2.19. The molecule has 0 aromatic heterocycles. The lowest BCUT2D eigenvalue weighted by Gasteiger charge is -2.25. The molecule has 94 valence electrons. The van der Waals surface area contributed by atoms with Crippen molar-refractivity contribution in [2.75, 3.05) is 6.54 Å². The predicted molar refractivity (Wildman–Crippen MR) is 73.2 cm³/mol. The van der Waals surface area contributed by atoms with E-state index in [4.69, 9.17) is 5.73 Å². The third-order valence-corrected chi connectivity index (χ3v) is 3.97. The predicted octanol–water partition coefficient (Wildman–Crippen LogP) is 3.09. The van der Waals surface area contributed by atoms with Gasteiger partial charge in [0.2, 0.25) is 0 Å². The molecule has 1 saturated carbocycles. The second-order valence-corrected chi connectivity index (χ2v) is 5.08. The minimum absolute atomic E-state index is 0.646. The Labute approximate surface area is 105 Å². The fraction of sp³-hybridized carbons (Fsp3) is 0.600. The standard InChI is InChI=1S/C15H24N2/c1-2-12-8-9-13(12)7-4-10-17-11-15(16)14-5-3-6-14/h4,7-8,11,13-14,17H,2-3,5-6,9-10,16H2,1H3/b7-4+,15-11-.